The summed E-state index contributed by atoms with van der Waals surface area (Å²) in [6.07, 6.45) is 47.9. The number of allylic oxidation sites excluding steroid dienone is 7. The number of aliphatic hydroxyl groups is 1. The second-order valence-corrected chi connectivity index (χ2v) is 17.9. The molecule has 0 fully saturated rings. The highest BCUT2D eigenvalue weighted by Gasteiger charge is 2.27. The quantitative estimate of drug-likeness (QED) is 0.0247. The van der Waals surface area contributed by atoms with E-state index in [1.54, 1.807) is 6.08 Å². The van der Waals surface area contributed by atoms with Crippen molar-refractivity contribution < 1.29 is 32.9 Å². The summed E-state index contributed by atoms with van der Waals surface area (Å²) in [5.41, 5.74) is 0. The first-order valence-electron chi connectivity index (χ1n) is 22.5. The Morgan fingerprint density at radius 3 is 1.56 bits per heavy atom. The molecule has 0 aliphatic rings. The zero-order valence-electron chi connectivity index (χ0n) is 36.4. The Bertz CT molecular complexity index is 1040. The molecule has 0 rings (SSSR count). The first-order valence-corrected chi connectivity index (χ1v) is 24.0. The van der Waals surface area contributed by atoms with Crippen LogP contribution in [0.1, 0.15) is 187 Å². The second kappa shape index (κ2) is 38.0. The van der Waals surface area contributed by atoms with Gasteiger partial charge in [0.2, 0.25) is 5.91 Å². The molecule has 0 heterocycles. The van der Waals surface area contributed by atoms with Crippen LogP contribution in [-0.4, -0.2) is 73.4 Å². The average Bonchev–Trinajstić information content (AvgIpc) is 3.13. The molecule has 0 aromatic heterocycles. The number of unbranched alkanes of at least 4 members (excludes halogenated alkanes) is 22. The third-order valence-corrected chi connectivity index (χ3v) is 10.8. The minimum Gasteiger partial charge on any atom is -0.387 e. The topological polar surface area (TPSA) is 105 Å². The summed E-state index contributed by atoms with van der Waals surface area (Å²) in [7, 11) is 1.54. The van der Waals surface area contributed by atoms with Crippen molar-refractivity contribution in [3.63, 3.8) is 0 Å². The van der Waals surface area contributed by atoms with Gasteiger partial charge in [-0.05, 0) is 64.7 Å². The number of quaternary nitrogens is 1. The summed E-state index contributed by atoms with van der Waals surface area (Å²) in [6, 6.07) is -0.869. The lowest BCUT2D eigenvalue weighted by molar-refractivity contribution is -0.870. The van der Waals surface area contributed by atoms with Gasteiger partial charge in [-0.3, -0.25) is 13.8 Å². The number of aliphatic hydroxyl groups excluding tert-OH is 1. The normalized spacial score (nSPS) is 14.8. The monoisotopic (exact) mass is 796 g/mol. The number of carbonyl (C=O) groups excluding carboxylic acids is 1. The molecular weight excluding hydrogens is 707 g/mol. The van der Waals surface area contributed by atoms with Crippen LogP contribution in [0.25, 0.3) is 0 Å². The summed E-state index contributed by atoms with van der Waals surface area (Å²) in [6.45, 7) is 4.54. The molecule has 3 atom stereocenters. The lowest BCUT2D eigenvalue weighted by Crippen LogP contribution is -2.45. The number of amides is 1. The van der Waals surface area contributed by atoms with E-state index in [1.807, 2.05) is 40.2 Å². The van der Waals surface area contributed by atoms with Gasteiger partial charge in [-0.25, -0.2) is 4.57 Å². The molecule has 0 spiro atoms. The molecule has 0 aliphatic heterocycles. The molecule has 1 amide bonds. The molecule has 9 heteroatoms. The lowest BCUT2D eigenvalue weighted by Gasteiger charge is -2.25. The maximum Gasteiger partial charge on any atom is 0.472 e. The number of phosphoric acid groups is 1. The summed E-state index contributed by atoms with van der Waals surface area (Å²) >= 11 is 0. The van der Waals surface area contributed by atoms with Crippen molar-refractivity contribution in [2.75, 3.05) is 40.9 Å². The highest BCUT2D eigenvalue weighted by atomic mass is 31.2. The van der Waals surface area contributed by atoms with Crippen LogP contribution in [0.5, 0.6) is 0 Å². The predicted octanol–water partition coefficient (Wildman–Crippen LogP) is 12.5. The molecule has 322 valence electrons. The van der Waals surface area contributed by atoms with Crippen molar-refractivity contribution in [2.45, 2.75) is 199 Å². The SMILES string of the molecule is C/C=C/CC/C=C/CC/C=C/C(O)C(COP(=O)(O)OCC[N+](C)(C)C)NC(=O)CCCCCCCCCC/C=C\CCCCCCCCCCCCCC. The number of nitrogens with one attached hydrogen (secondary N) is 1. The Morgan fingerprint density at radius 1 is 0.636 bits per heavy atom. The van der Waals surface area contributed by atoms with Crippen molar-refractivity contribution >= 4 is 13.7 Å². The number of phosphoric ester groups is 1. The zero-order valence-corrected chi connectivity index (χ0v) is 37.3. The summed E-state index contributed by atoms with van der Waals surface area (Å²) in [5, 5.41) is 13.7. The van der Waals surface area contributed by atoms with E-state index >= 15 is 0 Å². The number of nitrogens with zero attached hydrogens (tertiary/aromatic N) is 1. The van der Waals surface area contributed by atoms with Gasteiger partial charge in [0.15, 0.2) is 0 Å². The Balaban J connectivity index is 4.20. The Hall–Kier alpha value is -1.54. The van der Waals surface area contributed by atoms with E-state index in [-0.39, 0.29) is 19.1 Å². The standard InChI is InChI=1S/C46H87N2O6P/c1-6-8-10-12-14-16-17-18-19-20-21-22-23-24-25-26-27-28-29-30-32-34-36-38-40-46(50)47-44(43-54-55(51,52)53-42-41-48(3,4)5)45(49)39-37-35-33-31-15-13-11-9-7-2/h7,9,15,24-25,31,37,39,44-45,49H,6,8,10-14,16-23,26-30,32-36,38,40-43H2,1-5H3,(H-,47,50,51,52)/p+1/b9-7+,25-24-,31-15+,39-37+. The Labute approximate surface area is 339 Å². The average molecular weight is 796 g/mol. The summed E-state index contributed by atoms with van der Waals surface area (Å²) in [4.78, 5) is 23.0. The van der Waals surface area contributed by atoms with E-state index in [1.165, 1.54) is 122 Å². The molecule has 0 saturated carbocycles. The largest absolute Gasteiger partial charge is 0.472 e. The van der Waals surface area contributed by atoms with E-state index in [2.05, 4.69) is 42.6 Å². The maximum atomic E-state index is 12.8. The van der Waals surface area contributed by atoms with Crippen LogP contribution in [-0.2, 0) is 18.4 Å². The van der Waals surface area contributed by atoms with E-state index in [0.717, 1.165) is 44.9 Å². The molecule has 3 N–H and O–H groups in total. The minimum absolute atomic E-state index is 0.0515. The number of hydrogen-bond donors (Lipinski definition) is 3. The van der Waals surface area contributed by atoms with Gasteiger partial charge < -0.3 is 19.8 Å². The lowest BCUT2D eigenvalue weighted by atomic mass is 10.0. The number of likely N-dealkylation sites (N-methyl/N-ethyl adjacent to an activating group) is 1. The minimum atomic E-state index is -4.34. The van der Waals surface area contributed by atoms with Crippen LogP contribution in [0, 0.1) is 0 Å². The van der Waals surface area contributed by atoms with E-state index in [9.17, 15) is 19.4 Å². The van der Waals surface area contributed by atoms with Crippen molar-refractivity contribution in [1.29, 1.82) is 0 Å². The number of carbonyl (C=O) groups is 1. The van der Waals surface area contributed by atoms with E-state index < -0.39 is 20.0 Å². The molecule has 55 heavy (non-hydrogen) atoms. The fourth-order valence-electron chi connectivity index (χ4n) is 6.25. The molecule has 8 nitrogen and oxygen atoms in total. The molecule has 0 aromatic carbocycles. The first-order chi connectivity index (χ1) is 26.5. The van der Waals surface area contributed by atoms with E-state index in [0.29, 0.717) is 17.4 Å². The molecule has 0 bridgehead atoms. The Kier molecular flexibility index (Phi) is 36.9. The molecule has 3 unspecified atom stereocenters. The van der Waals surface area contributed by atoms with Crippen LogP contribution < -0.4 is 5.32 Å². The van der Waals surface area contributed by atoms with Crippen LogP contribution in [0.3, 0.4) is 0 Å². The van der Waals surface area contributed by atoms with Gasteiger partial charge in [-0.15, -0.1) is 0 Å². The van der Waals surface area contributed by atoms with Crippen molar-refractivity contribution in [2.24, 2.45) is 0 Å². The predicted molar refractivity (Wildman–Crippen MR) is 235 cm³/mol. The molecule has 0 aliphatic carbocycles. The van der Waals surface area contributed by atoms with Crippen molar-refractivity contribution in [3.8, 4) is 0 Å². The zero-order chi connectivity index (χ0) is 40.7. The van der Waals surface area contributed by atoms with Crippen molar-refractivity contribution in [1.82, 2.24) is 5.32 Å². The van der Waals surface area contributed by atoms with Gasteiger partial charge in [0.05, 0.1) is 39.9 Å². The van der Waals surface area contributed by atoms with Gasteiger partial charge >= 0.3 is 7.82 Å². The molecule has 0 aromatic rings. The number of hydrogen-bond acceptors (Lipinski definition) is 5. The van der Waals surface area contributed by atoms with Gasteiger partial charge in [0.1, 0.15) is 13.2 Å². The highest BCUT2D eigenvalue weighted by molar-refractivity contribution is 7.47. The van der Waals surface area contributed by atoms with Gasteiger partial charge in [-0.1, -0.05) is 165 Å². The van der Waals surface area contributed by atoms with Crippen LogP contribution in [0.2, 0.25) is 0 Å². The molecule has 0 saturated heterocycles. The summed E-state index contributed by atoms with van der Waals surface area (Å²) < 4.78 is 23.4. The maximum absolute atomic E-state index is 12.8. The van der Waals surface area contributed by atoms with Gasteiger partial charge in [-0.2, -0.15) is 0 Å². The summed E-state index contributed by atoms with van der Waals surface area (Å²) in [5.74, 6) is -0.198. The van der Waals surface area contributed by atoms with Gasteiger partial charge in [0.25, 0.3) is 0 Å². The third-order valence-electron chi connectivity index (χ3n) is 9.84. The fourth-order valence-corrected chi connectivity index (χ4v) is 6.99. The second-order valence-electron chi connectivity index (χ2n) is 16.4. The van der Waals surface area contributed by atoms with Crippen LogP contribution in [0.4, 0.5) is 0 Å². The van der Waals surface area contributed by atoms with Crippen LogP contribution in [0.15, 0.2) is 48.6 Å². The Morgan fingerprint density at radius 2 is 1.07 bits per heavy atom. The van der Waals surface area contributed by atoms with Crippen LogP contribution >= 0.6 is 7.82 Å². The smallest absolute Gasteiger partial charge is 0.387 e. The third kappa shape index (κ3) is 40.5. The van der Waals surface area contributed by atoms with Gasteiger partial charge in [0, 0.05) is 6.42 Å². The number of rotatable bonds is 40. The van der Waals surface area contributed by atoms with Crippen molar-refractivity contribution in [3.05, 3.63) is 48.6 Å². The molecular formula is C46H88N2O6P+. The first kappa shape index (κ1) is 53.5. The fraction of sp³-hybridized carbons (Fsp3) is 0.804. The highest BCUT2D eigenvalue weighted by Crippen LogP contribution is 2.43. The van der Waals surface area contributed by atoms with E-state index in [4.69, 9.17) is 9.05 Å². The molecule has 0 radical (unpaired) electrons.